The molecule has 0 heterocycles. The predicted octanol–water partition coefficient (Wildman–Crippen LogP) is 3.17. The molecule has 0 fully saturated rings. The third kappa shape index (κ3) is 5.33. The van der Waals surface area contributed by atoms with Crippen LogP contribution >= 0.6 is 11.6 Å². The number of hydrogen-bond acceptors (Lipinski definition) is 5. The highest BCUT2D eigenvalue weighted by Gasteiger charge is 2.31. The Labute approximate surface area is 176 Å². The smallest absolute Gasteiger partial charge is 0.246 e. The van der Waals surface area contributed by atoms with E-state index in [1.807, 2.05) is 18.2 Å². The summed E-state index contributed by atoms with van der Waals surface area (Å²) in [6.07, 6.45) is 1.05. The molecule has 0 saturated carbocycles. The second kappa shape index (κ2) is 9.37. The number of sulfonamides is 1. The molecule has 2 aromatic rings. The van der Waals surface area contributed by atoms with Crippen molar-refractivity contribution in [2.75, 3.05) is 31.8 Å². The topological polar surface area (TPSA) is 76.2 Å². The van der Waals surface area contributed by atoms with E-state index in [0.29, 0.717) is 11.5 Å². The highest BCUT2D eigenvalue weighted by Crippen LogP contribution is 2.31. The molecule has 0 N–H and O–H groups in total. The summed E-state index contributed by atoms with van der Waals surface area (Å²) in [5.41, 5.74) is 1.10. The number of methoxy groups -OCH3 is 2. The third-order valence-electron chi connectivity index (χ3n) is 4.43. The van der Waals surface area contributed by atoms with E-state index >= 15 is 0 Å². The van der Waals surface area contributed by atoms with Crippen LogP contribution in [0.15, 0.2) is 42.5 Å². The van der Waals surface area contributed by atoms with Crippen molar-refractivity contribution in [1.29, 1.82) is 0 Å². The van der Waals surface area contributed by atoms with E-state index < -0.39 is 16.1 Å². The van der Waals surface area contributed by atoms with Crippen molar-refractivity contribution in [2.24, 2.45) is 0 Å². The van der Waals surface area contributed by atoms with Crippen LogP contribution in [0.1, 0.15) is 12.5 Å². The van der Waals surface area contributed by atoms with E-state index in [1.165, 1.54) is 18.1 Å². The molecule has 2 aromatic carbocycles. The Hall–Kier alpha value is -2.45. The van der Waals surface area contributed by atoms with Gasteiger partial charge < -0.3 is 14.4 Å². The summed E-state index contributed by atoms with van der Waals surface area (Å²) in [6, 6.07) is 10.9. The Kier molecular flexibility index (Phi) is 7.37. The van der Waals surface area contributed by atoms with Gasteiger partial charge in [-0.15, -0.1) is 0 Å². The van der Waals surface area contributed by atoms with Gasteiger partial charge in [-0.1, -0.05) is 29.8 Å². The van der Waals surface area contributed by atoms with Gasteiger partial charge in [0.2, 0.25) is 15.9 Å². The number of benzene rings is 2. The summed E-state index contributed by atoms with van der Waals surface area (Å²) in [4.78, 5) is 14.5. The number of amides is 1. The van der Waals surface area contributed by atoms with Crippen molar-refractivity contribution >= 4 is 33.2 Å². The summed E-state index contributed by atoms with van der Waals surface area (Å²) in [6.45, 7) is 1.81. The van der Waals surface area contributed by atoms with Gasteiger partial charge in [-0.3, -0.25) is 9.10 Å². The van der Waals surface area contributed by atoms with Crippen LogP contribution in [0.4, 0.5) is 5.69 Å². The van der Waals surface area contributed by atoms with Gasteiger partial charge in [-0.25, -0.2) is 8.42 Å². The molecule has 158 valence electrons. The van der Waals surface area contributed by atoms with Crippen LogP contribution in [0.3, 0.4) is 0 Å². The number of halogens is 1. The van der Waals surface area contributed by atoms with E-state index in [2.05, 4.69) is 0 Å². The minimum Gasteiger partial charge on any atom is -0.496 e. The summed E-state index contributed by atoms with van der Waals surface area (Å²) in [5, 5.41) is 0.251. The predicted molar refractivity (Wildman–Crippen MR) is 114 cm³/mol. The van der Waals surface area contributed by atoms with Gasteiger partial charge in [0.15, 0.2) is 0 Å². The second-order valence-electron chi connectivity index (χ2n) is 6.56. The van der Waals surface area contributed by atoms with Crippen molar-refractivity contribution in [2.45, 2.75) is 19.5 Å². The molecule has 0 bridgehead atoms. The van der Waals surface area contributed by atoms with E-state index in [9.17, 15) is 13.2 Å². The van der Waals surface area contributed by atoms with Gasteiger partial charge >= 0.3 is 0 Å². The van der Waals surface area contributed by atoms with Gasteiger partial charge in [-0.05, 0) is 31.2 Å². The molecule has 0 aliphatic heterocycles. The Bertz CT molecular complexity index is 981. The first-order chi connectivity index (χ1) is 13.6. The largest absolute Gasteiger partial charge is 0.496 e. The van der Waals surface area contributed by atoms with Gasteiger partial charge in [0, 0.05) is 19.2 Å². The number of hydrogen-bond donors (Lipinski definition) is 0. The van der Waals surface area contributed by atoms with E-state index in [4.69, 9.17) is 21.1 Å². The van der Waals surface area contributed by atoms with E-state index in [1.54, 1.807) is 39.3 Å². The van der Waals surface area contributed by atoms with Crippen LogP contribution in [0.25, 0.3) is 0 Å². The molecular formula is C20H25ClN2O5S. The number of para-hydroxylation sites is 1. The fraction of sp³-hybridized carbons (Fsp3) is 0.350. The van der Waals surface area contributed by atoms with Crippen molar-refractivity contribution in [3.8, 4) is 11.5 Å². The molecule has 0 aromatic heterocycles. The SMILES string of the molecule is COc1ccc(N([C@H](C)C(=O)N(C)Cc2ccccc2OC)S(C)(=O)=O)cc1Cl. The normalized spacial score (nSPS) is 12.2. The average Bonchev–Trinajstić information content (AvgIpc) is 2.66. The molecule has 1 amide bonds. The zero-order valence-corrected chi connectivity index (χ0v) is 18.6. The second-order valence-corrected chi connectivity index (χ2v) is 8.83. The van der Waals surface area contributed by atoms with Gasteiger partial charge in [0.05, 0.1) is 31.2 Å². The number of carbonyl (C=O) groups excluding carboxylic acids is 1. The standard InChI is InChI=1S/C20H25ClN2O5S/c1-14(20(24)22(2)13-15-8-6-7-9-18(15)27-3)23(29(5,25)26)16-10-11-19(28-4)17(21)12-16/h6-12,14H,13H2,1-5H3/t14-/m1/s1. The van der Waals surface area contributed by atoms with Crippen LogP contribution in [0.5, 0.6) is 11.5 Å². The number of carbonyl (C=O) groups is 1. The van der Waals surface area contributed by atoms with E-state index in [-0.39, 0.29) is 23.2 Å². The number of nitrogens with zero attached hydrogens (tertiary/aromatic N) is 2. The Morgan fingerprint density at radius 1 is 1.10 bits per heavy atom. The molecule has 0 aliphatic rings. The zero-order valence-electron chi connectivity index (χ0n) is 17.0. The van der Waals surface area contributed by atoms with Crippen molar-refractivity contribution in [1.82, 2.24) is 4.90 Å². The molecule has 9 heteroatoms. The zero-order chi connectivity index (χ0) is 21.8. The first kappa shape index (κ1) is 22.8. The van der Waals surface area contributed by atoms with Gasteiger partial charge in [-0.2, -0.15) is 0 Å². The lowest BCUT2D eigenvalue weighted by Gasteiger charge is -2.31. The maximum absolute atomic E-state index is 13.0. The fourth-order valence-electron chi connectivity index (χ4n) is 3.08. The lowest BCUT2D eigenvalue weighted by molar-refractivity contribution is -0.131. The molecular weight excluding hydrogens is 416 g/mol. The average molecular weight is 441 g/mol. The highest BCUT2D eigenvalue weighted by atomic mass is 35.5. The summed E-state index contributed by atoms with van der Waals surface area (Å²) in [7, 11) is 0.886. The van der Waals surface area contributed by atoms with Gasteiger partial charge in [0.1, 0.15) is 17.5 Å². The van der Waals surface area contributed by atoms with Crippen molar-refractivity contribution < 1.29 is 22.7 Å². The fourth-order valence-corrected chi connectivity index (χ4v) is 4.49. The lowest BCUT2D eigenvalue weighted by Crippen LogP contribution is -2.48. The number of ether oxygens (including phenoxy) is 2. The van der Waals surface area contributed by atoms with E-state index in [0.717, 1.165) is 16.1 Å². The maximum atomic E-state index is 13.0. The Morgan fingerprint density at radius 2 is 1.72 bits per heavy atom. The summed E-state index contributed by atoms with van der Waals surface area (Å²) in [5.74, 6) is 0.700. The summed E-state index contributed by atoms with van der Waals surface area (Å²) < 4.78 is 36.5. The molecule has 0 radical (unpaired) electrons. The quantitative estimate of drug-likeness (QED) is 0.630. The van der Waals surface area contributed by atoms with Crippen molar-refractivity contribution in [3.63, 3.8) is 0 Å². The molecule has 2 rings (SSSR count). The molecule has 1 atom stereocenters. The minimum absolute atomic E-state index is 0.251. The van der Waals surface area contributed by atoms with Crippen LogP contribution in [-0.4, -0.2) is 52.8 Å². The third-order valence-corrected chi connectivity index (χ3v) is 5.97. The number of rotatable bonds is 8. The molecule has 0 spiro atoms. The molecule has 29 heavy (non-hydrogen) atoms. The monoisotopic (exact) mass is 440 g/mol. The van der Waals surface area contributed by atoms with Crippen molar-refractivity contribution in [3.05, 3.63) is 53.1 Å². The Balaban J connectivity index is 2.32. The molecule has 7 nitrogen and oxygen atoms in total. The molecule has 0 saturated heterocycles. The highest BCUT2D eigenvalue weighted by molar-refractivity contribution is 7.92. The van der Waals surface area contributed by atoms with Crippen LogP contribution in [0, 0.1) is 0 Å². The van der Waals surface area contributed by atoms with Crippen LogP contribution in [0.2, 0.25) is 5.02 Å². The van der Waals surface area contributed by atoms with Crippen LogP contribution < -0.4 is 13.8 Å². The van der Waals surface area contributed by atoms with Crippen LogP contribution in [-0.2, 0) is 21.4 Å². The first-order valence-corrected chi connectivity index (χ1v) is 11.0. The van der Waals surface area contributed by atoms with Gasteiger partial charge in [0.25, 0.3) is 0 Å². The lowest BCUT2D eigenvalue weighted by atomic mass is 10.1. The molecule has 0 aliphatic carbocycles. The Morgan fingerprint density at radius 3 is 2.28 bits per heavy atom. The number of likely N-dealkylation sites (N-methyl/N-ethyl adjacent to an activating group) is 1. The minimum atomic E-state index is -3.76. The molecule has 0 unspecified atom stereocenters. The first-order valence-electron chi connectivity index (χ1n) is 8.80. The maximum Gasteiger partial charge on any atom is 0.246 e. The summed E-state index contributed by atoms with van der Waals surface area (Å²) >= 11 is 6.16. The number of anilines is 1.